The summed E-state index contributed by atoms with van der Waals surface area (Å²) in [4.78, 5) is 0. The molecule has 0 spiro atoms. The van der Waals surface area contributed by atoms with Gasteiger partial charge in [-0.1, -0.05) is 182 Å². The molecule has 0 aromatic heterocycles. The molecule has 11 nitrogen and oxygen atoms in total. The van der Waals surface area contributed by atoms with E-state index in [4.69, 9.17) is 47.4 Å². The number of rotatable bonds is 23. The number of hydrogen-bond acceptors (Lipinski definition) is 11. The van der Waals surface area contributed by atoms with E-state index in [-0.39, 0.29) is 39.6 Å². The van der Waals surface area contributed by atoms with Crippen LogP contribution < -0.4 is 0 Å². The van der Waals surface area contributed by atoms with Gasteiger partial charge in [0.15, 0.2) is 12.6 Å². The first-order valence-corrected chi connectivity index (χ1v) is 22.6. The minimum absolute atomic E-state index is 0.0964. The fourth-order valence-corrected chi connectivity index (χ4v) is 8.22. The van der Waals surface area contributed by atoms with E-state index in [0.29, 0.717) is 13.2 Å². The van der Waals surface area contributed by atoms with Crippen LogP contribution in [0.3, 0.4) is 0 Å². The Balaban J connectivity index is 1.12. The molecule has 0 aliphatic carbocycles. The van der Waals surface area contributed by atoms with Crippen molar-refractivity contribution in [1.82, 2.24) is 0 Å². The maximum Gasteiger partial charge on any atom is 0.187 e. The van der Waals surface area contributed by atoms with Gasteiger partial charge in [-0.15, -0.1) is 0 Å². The van der Waals surface area contributed by atoms with E-state index in [9.17, 15) is 5.11 Å². The van der Waals surface area contributed by atoms with Crippen molar-refractivity contribution < 1.29 is 52.5 Å². The van der Waals surface area contributed by atoms with Gasteiger partial charge < -0.3 is 52.5 Å². The van der Waals surface area contributed by atoms with Crippen LogP contribution in [0.2, 0.25) is 0 Å². The molecule has 0 unspecified atom stereocenters. The van der Waals surface area contributed by atoms with Crippen LogP contribution in [-0.4, -0.2) is 86.8 Å². The molecule has 6 aromatic rings. The molecule has 0 radical (unpaired) electrons. The summed E-state index contributed by atoms with van der Waals surface area (Å²) < 4.78 is 66.4. The monoisotopic (exact) mass is 896 g/mol. The summed E-state index contributed by atoms with van der Waals surface area (Å²) in [6, 6.07) is 59.4. The van der Waals surface area contributed by atoms with Crippen molar-refractivity contribution in [2.75, 3.05) is 20.3 Å². The highest BCUT2D eigenvalue weighted by atomic mass is 16.8. The summed E-state index contributed by atoms with van der Waals surface area (Å²) in [6.07, 6.45) is -9.19. The molecule has 2 heterocycles. The van der Waals surface area contributed by atoms with Crippen molar-refractivity contribution in [2.45, 2.75) is 101 Å². The van der Waals surface area contributed by atoms with Crippen molar-refractivity contribution in [1.29, 1.82) is 0 Å². The molecular weight excluding hydrogens is 837 g/mol. The van der Waals surface area contributed by atoms with Gasteiger partial charge in [0, 0.05) is 7.11 Å². The largest absolute Gasteiger partial charge is 0.385 e. The Morgan fingerprint density at radius 1 is 0.364 bits per heavy atom. The Hall–Kier alpha value is -5.12. The van der Waals surface area contributed by atoms with Crippen molar-refractivity contribution in [3.63, 3.8) is 0 Å². The lowest BCUT2D eigenvalue weighted by Gasteiger charge is -2.49. The van der Waals surface area contributed by atoms with Crippen LogP contribution in [0.4, 0.5) is 0 Å². The summed E-state index contributed by atoms with van der Waals surface area (Å²) in [6.45, 7) is 1.80. The van der Waals surface area contributed by atoms with Crippen molar-refractivity contribution in [3.05, 3.63) is 215 Å². The minimum Gasteiger partial charge on any atom is -0.385 e. The maximum atomic E-state index is 12.6. The Bertz CT molecular complexity index is 2220. The van der Waals surface area contributed by atoms with Crippen LogP contribution in [0, 0.1) is 0 Å². The third-order valence-electron chi connectivity index (χ3n) is 11.7. The number of ether oxygens (including phenoxy) is 10. The Morgan fingerprint density at radius 3 is 1.08 bits per heavy atom. The first-order chi connectivity index (χ1) is 32.6. The lowest BCUT2D eigenvalue weighted by atomic mass is 9.96. The van der Waals surface area contributed by atoms with Crippen LogP contribution in [0.25, 0.3) is 0 Å². The van der Waals surface area contributed by atoms with Gasteiger partial charge in [-0.05, 0) is 33.4 Å². The van der Waals surface area contributed by atoms with Gasteiger partial charge in [0.25, 0.3) is 0 Å². The summed E-state index contributed by atoms with van der Waals surface area (Å²) in [5.74, 6) is 0. The molecule has 346 valence electrons. The van der Waals surface area contributed by atoms with Gasteiger partial charge in [-0.2, -0.15) is 0 Å². The molecule has 8 rings (SSSR count). The van der Waals surface area contributed by atoms with E-state index in [1.165, 1.54) is 0 Å². The molecule has 11 heteroatoms. The second-order valence-corrected chi connectivity index (χ2v) is 16.5. The molecular formula is C55H60O11. The molecule has 10 atom stereocenters. The predicted octanol–water partition coefficient (Wildman–Crippen LogP) is 8.60. The zero-order chi connectivity index (χ0) is 45.2. The molecule has 66 heavy (non-hydrogen) atoms. The molecule has 2 saturated heterocycles. The maximum absolute atomic E-state index is 12.6. The van der Waals surface area contributed by atoms with Gasteiger partial charge in [-0.25, -0.2) is 0 Å². The first kappa shape index (κ1) is 47.4. The van der Waals surface area contributed by atoms with Gasteiger partial charge in [-0.3, -0.25) is 0 Å². The van der Waals surface area contributed by atoms with Crippen LogP contribution in [0.15, 0.2) is 182 Å². The normalized spacial score (nSPS) is 25.4. The fraction of sp³-hybridized carbons (Fsp3) is 0.345. The Kier molecular flexibility index (Phi) is 18.0. The highest BCUT2D eigenvalue weighted by Gasteiger charge is 2.54. The number of hydrogen-bond donors (Lipinski definition) is 1. The van der Waals surface area contributed by atoms with Crippen molar-refractivity contribution in [2.24, 2.45) is 0 Å². The predicted molar refractivity (Wildman–Crippen MR) is 247 cm³/mol. The van der Waals surface area contributed by atoms with Gasteiger partial charge in [0.05, 0.1) is 52.9 Å². The first-order valence-electron chi connectivity index (χ1n) is 22.6. The topological polar surface area (TPSA) is 113 Å². The average Bonchev–Trinajstić information content (AvgIpc) is 3.37. The molecule has 0 amide bonds. The van der Waals surface area contributed by atoms with E-state index in [0.717, 1.165) is 33.4 Å². The van der Waals surface area contributed by atoms with Crippen LogP contribution in [0.1, 0.15) is 33.4 Å². The van der Waals surface area contributed by atoms with Crippen molar-refractivity contribution >= 4 is 0 Å². The van der Waals surface area contributed by atoms with Crippen LogP contribution >= 0.6 is 0 Å². The Labute approximate surface area is 388 Å². The van der Waals surface area contributed by atoms with Gasteiger partial charge in [0.2, 0.25) is 0 Å². The molecule has 0 saturated carbocycles. The van der Waals surface area contributed by atoms with Crippen LogP contribution in [0.5, 0.6) is 0 Å². The standard InChI is InChI=1S/C55H60O11/c1-57-55-53(63-37-45-30-18-7-19-31-45)52(62-36-44-28-16-6-17-29-44)50(47(65-55)39-59-33-41-22-10-3-11-23-41)66-54-48(56)51(61-35-43-26-14-5-15-27-43)49(60-34-42-24-12-4-13-25-42)46(64-54)38-58-32-40-20-8-2-9-21-40/h2-31,46-56H,32-39H2,1H3/t46-,47-,48-,49+,50+,51-,52+,53-,54+,55-/m1/s1. The average molecular weight is 897 g/mol. The quantitative estimate of drug-likeness (QED) is 0.0668. The number of benzene rings is 6. The van der Waals surface area contributed by atoms with Gasteiger partial charge in [0.1, 0.15) is 48.8 Å². The highest BCUT2D eigenvalue weighted by molar-refractivity contribution is 5.18. The number of aliphatic hydroxyl groups is 1. The summed E-state index contributed by atoms with van der Waals surface area (Å²) >= 11 is 0. The Morgan fingerprint density at radius 2 is 0.682 bits per heavy atom. The van der Waals surface area contributed by atoms with E-state index in [1.807, 2.05) is 182 Å². The zero-order valence-corrected chi connectivity index (χ0v) is 37.3. The molecule has 2 aliphatic heterocycles. The molecule has 1 N–H and O–H groups in total. The number of methoxy groups -OCH3 is 1. The van der Waals surface area contributed by atoms with Crippen molar-refractivity contribution in [3.8, 4) is 0 Å². The SMILES string of the molecule is CO[C@@H]1O[C@H](COCc2ccccc2)[C@H](O[C@@H]2O[C@H](COCc3ccccc3)[C@H](OCc3ccccc3)[C@H](OCc3ccccc3)[C@H]2O)[C@H](OCc2ccccc2)[C@H]1OCc1ccccc1. The van der Waals surface area contributed by atoms with E-state index in [2.05, 4.69) is 0 Å². The van der Waals surface area contributed by atoms with Crippen LogP contribution in [-0.2, 0) is 87.0 Å². The fourth-order valence-electron chi connectivity index (χ4n) is 8.22. The summed E-state index contributed by atoms with van der Waals surface area (Å²) in [7, 11) is 1.58. The van der Waals surface area contributed by atoms with Gasteiger partial charge >= 0.3 is 0 Å². The zero-order valence-electron chi connectivity index (χ0n) is 37.3. The third-order valence-corrected chi connectivity index (χ3v) is 11.7. The number of aliphatic hydroxyl groups excluding tert-OH is 1. The lowest BCUT2D eigenvalue weighted by molar-refractivity contribution is -0.372. The lowest BCUT2D eigenvalue weighted by Crippen LogP contribution is -2.66. The minimum atomic E-state index is -1.34. The molecule has 2 aliphatic rings. The summed E-state index contributed by atoms with van der Waals surface area (Å²) in [5, 5.41) is 12.6. The molecule has 2 fully saturated rings. The molecule has 0 bridgehead atoms. The second-order valence-electron chi connectivity index (χ2n) is 16.5. The smallest absolute Gasteiger partial charge is 0.187 e. The van der Waals surface area contributed by atoms with E-state index < -0.39 is 61.4 Å². The molecule has 6 aromatic carbocycles. The highest BCUT2D eigenvalue weighted by Crippen LogP contribution is 2.35. The van der Waals surface area contributed by atoms with E-state index >= 15 is 0 Å². The van der Waals surface area contributed by atoms with E-state index in [1.54, 1.807) is 7.11 Å². The third kappa shape index (κ3) is 13.5. The second kappa shape index (κ2) is 25.1. The summed E-state index contributed by atoms with van der Waals surface area (Å²) in [5.41, 5.74) is 5.81.